The summed E-state index contributed by atoms with van der Waals surface area (Å²) in [5.74, 6) is -1.37. The van der Waals surface area contributed by atoms with Gasteiger partial charge in [-0.25, -0.2) is 0 Å². The van der Waals surface area contributed by atoms with Crippen molar-refractivity contribution >= 4 is 23.4 Å². The molecular formula is C29H32N6O3. The van der Waals surface area contributed by atoms with E-state index in [1.807, 2.05) is 84.9 Å². The Balaban J connectivity index is 1.46. The predicted molar refractivity (Wildman–Crippen MR) is 145 cm³/mol. The zero-order chi connectivity index (χ0) is 26.7. The molecule has 0 saturated carbocycles. The number of carbonyl (C=O) groups is 3. The summed E-state index contributed by atoms with van der Waals surface area (Å²) in [4.78, 5) is 40.5. The minimum atomic E-state index is -1.12. The van der Waals surface area contributed by atoms with Crippen LogP contribution in [-0.4, -0.2) is 42.0 Å². The number of hydrogen-bond acceptors (Lipinski definition) is 6. The Morgan fingerprint density at radius 1 is 0.605 bits per heavy atom. The Kier molecular flexibility index (Phi) is 7.13. The zero-order valence-electron chi connectivity index (χ0n) is 20.9. The molecule has 196 valence electrons. The van der Waals surface area contributed by atoms with Crippen molar-refractivity contribution in [2.45, 2.75) is 49.1 Å². The van der Waals surface area contributed by atoms with Crippen LogP contribution in [0, 0.1) is 0 Å². The highest BCUT2D eigenvalue weighted by molar-refractivity contribution is 5.97. The van der Waals surface area contributed by atoms with Gasteiger partial charge in [-0.15, -0.1) is 0 Å². The summed E-state index contributed by atoms with van der Waals surface area (Å²) < 4.78 is 0. The summed E-state index contributed by atoms with van der Waals surface area (Å²) in [7, 11) is 0. The Morgan fingerprint density at radius 3 is 1.61 bits per heavy atom. The first-order chi connectivity index (χ1) is 18.3. The van der Waals surface area contributed by atoms with E-state index in [9.17, 15) is 14.4 Å². The van der Waals surface area contributed by atoms with Crippen molar-refractivity contribution in [1.82, 2.24) is 16.0 Å². The van der Waals surface area contributed by atoms with E-state index in [2.05, 4.69) is 21.3 Å². The van der Waals surface area contributed by atoms with Crippen LogP contribution in [0.5, 0.6) is 0 Å². The number of rotatable bonds is 6. The molecule has 9 heteroatoms. The van der Waals surface area contributed by atoms with Crippen LogP contribution < -0.4 is 32.7 Å². The molecule has 3 aromatic rings. The minimum Gasteiger partial charge on any atom is -0.368 e. The van der Waals surface area contributed by atoms with Crippen molar-refractivity contribution in [3.63, 3.8) is 0 Å². The SMILES string of the molecule is N[C@@H]1Nc2ccccc2[C@]1(N)C[C@@H]1NC(=O)[C@H](Cc2ccccc2)NC(=O)[C@H](Cc2ccccc2)NC1=O. The Hall–Kier alpha value is -4.21. The van der Waals surface area contributed by atoms with E-state index in [4.69, 9.17) is 11.5 Å². The molecule has 2 heterocycles. The monoisotopic (exact) mass is 512 g/mol. The second-order valence-corrected chi connectivity index (χ2v) is 9.98. The standard InChI is InChI=1S/C29H32N6O3/c30-28-29(31,20-13-7-8-14-21(20)35-28)17-24-27(38)33-22(15-18-9-3-1-4-10-18)25(36)32-23(26(37)34-24)16-19-11-5-2-6-12-19/h1-14,22-24,28,35H,15-17,30-31H2,(H,32,36)(H,33,38)(H,34,37)/t22-,23-,24-,28+,29+/m0/s1. The zero-order valence-corrected chi connectivity index (χ0v) is 20.9. The van der Waals surface area contributed by atoms with Gasteiger partial charge in [0.2, 0.25) is 17.7 Å². The molecule has 8 N–H and O–H groups in total. The van der Waals surface area contributed by atoms with Crippen LogP contribution in [0.3, 0.4) is 0 Å². The summed E-state index contributed by atoms with van der Waals surface area (Å²) >= 11 is 0. The van der Waals surface area contributed by atoms with Gasteiger partial charge in [0.25, 0.3) is 0 Å². The number of anilines is 1. The van der Waals surface area contributed by atoms with Gasteiger partial charge in [-0.2, -0.15) is 0 Å². The van der Waals surface area contributed by atoms with Crippen LogP contribution in [0.4, 0.5) is 5.69 Å². The van der Waals surface area contributed by atoms with Gasteiger partial charge in [0.15, 0.2) is 0 Å². The minimum absolute atomic E-state index is 0.0417. The lowest BCUT2D eigenvalue weighted by Crippen LogP contribution is -2.59. The first-order valence-corrected chi connectivity index (χ1v) is 12.7. The summed E-state index contributed by atoms with van der Waals surface area (Å²) in [6, 6.07) is 23.5. The molecule has 5 atom stereocenters. The first-order valence-electron chi connectivity index (χ1n) is 12.7. The highest BCUT2D eigenvalue weighted by atomic mass is 16.2. The lowest BCUT2D eigenvalue weighted by molar-refractivity contribution is -0.130. The maximum Gasteiger partial charge on any atom is 0.243 e. The average Bonchev–Trinajstić information content (AvgIpc) is 3.18. The van der Waals surface area contributed by atoms with Crippen LogP contribution in [0.25, 0.3) is 0 Å². The van der Waals surface area contributed by atoms with Crippen molar-refractivity contribution in [2.24, 2.45) is 11.5 Å². The maximum absolute atomic E-state index is 13.6. The number of fused-ring (bicyclic) bond motifs is 1. The van der Waals surface area contributed by atoms with E-state index in [0.29, 0.717) is 0 Å². The van der Waals surface area contributed by atoms with Gasteiger partial charge in [0, 0.05) is 24.9 Å². The van der Waals surface area contributed by atoms with E-state index in [1.54, 1.807) is 0 Å². The molecule has 1 fully saturated rings. The van der Waals surface area contributed by atoms with E-state index in [0.717, 1.165) is 22.4 Å². The fourth-order valence-electron chi connectivity index (χ4n) is 5.20. The van der Waals surface area contributed by atoms with E-state index >= 15 is 0 Å². The van der Waals surface area contributed by atoms with Gasteiger partial charge in [0.05, 0.1) is 11.7 Å². The Morgan fingerprint density at radius 2 is 1.05 bits per heavy atom. The van der Waals surface area contributed by atoms with Gasteiger partial charge in [0.1, 0.15) is 18.1 Å². The molecule has 3 amide bonds. The second-order valence-electron chi connectivity index (χ2n) is 9.98. The highest BCUT2D eigenvalue weighted by Gasteiger charge is 2.46. The third-order valence-electron chi connectivity index (χ3n) is 7.30. The number of amides is 3. The third kappa shape index (κ3) is 5.25. The number of nitrogens with two attached hydrogens (primary N) is 2. The predicted octanol–water partition coefficient (Wildman–Crippen LogP) is 0.894. The highest BCUT2D eigenvalue weighted by Crippen LogP contribution is 2.38. The summed E-state index contributed by atoms with van der Waals surface area (Å²) in [5.41, 5.74) is 15.4. The van der Waals surface area contributed by atoms with Crippen molar-refractivity contribution in [3.8, 4) is 0 Å². The molecule has 0 unspecified atom stereocenters. The summed E-state index contributed by atoms with van der Waals surface area (Å²) in [5, 5.41) is 11.8. The number of benzene rings is 3. The molecule has 2 aliphatic rings. The molecule has 9 nitrogen and oxygen atoms in total. The molecule has 38 heavy (non-hydrogen) atoms. The van der Waals surface area contributed by atoms with Crippen molar-refractivity contribution in [2.75, 3.05) is 5.32 Å². The van der Waals surface area contributed by atoms with E-state index < -0.39 is 47.6 Å². The molecule has 5 rings (SSSR count). The lowest BCUT2D eigenvalue weighted by Gasteiger charge is -2.33. The van der Waals surface area contributed by atoms with E-state index in [1.165, 1.54) is 0 Å². The first kappa shape index (κ1) is 25.4. The molecule has 0 radical (unpaired) electrons. The molecule has 2 aliphatic heterocycles. The Bertz CT molecular complexity index is 1280. The quantitative estimate of drug-likeness (QED) is 0.289. The van der Waals surface area contributed by atoms with Gasteiger partial charge < -0.3 is 32.7 Å². The Labute approximate surface area is 221 Å². The molecule has 3 aromatic carbocycles. The largest absolute Gasteiger partial charge is 0.368 e. The van der Waals surface area contributed by atoms with Gasteiger partial charge >= 0.3 is 0 Å². The fraction of sp³-hybridized carbons (Fsp3) is 0.276. The average molecular weight is 513 g/mol. The maximum atomic E-state index is 13.6. The van der Waals surface area contributed by atoms with Crippen LogP contribution in [0.15, 0.2) is 84.9 Å². The number of carbonyl (C=O) groups excluding carboxylic acids is 3. The fourth-order valence-corrected chi connectivity index (χ4v) is 5.20. The molecule has 0 spiro atoms. The van der Waals surface area contributed by atoms with Crippen LogP contribution in [-0.2, 0) is 32.8 Å². The van der Waals surface area contributed by atoms with Crippen molar-refractivity contribution in [1.29, 1.82) is 0 Å². The smallest absolute Gasteiger partial charge is 0.243 e. The third-order valence-corrected chi connectivity index (χ3v) is 7.30. The molecule has 0 aromatic heterocycles. The van der Waals surface area contributed by atoms with Crippen LogP contribution >= 0.6 is 0 Å². The van der Waals surface area contributed by atoms with Gasteiger partial charge in [-0.1, -0.05) is 78.9 Å². The molecular weight excluding hydrogens is 480 g/mol. The summed E-state index contributed by atoms with van der Waals surface area (Å²) in [6.07, 6.45) is -0.0818. The second kappa shape index (κ2) is 10.6. The van der Waals surface area contributed by atoms with Gasteiger partial charge in [-0.3, -0.25) is 14.4 Å². The molecule has 0 aliphatic carbocycles. The van der Waals surface area contributed by atoms with Crippen LogP contribution in [0.1, 0.15) is 23.1 Å². The normalized spacial score (nSPS) is 27.1. The van der Waals surface area contributed by atoms with Gasteiger partial charge in [-0.05, 0) is 22.8 Å². The number of hydrogen-bond donors (Lipinski definition) is 6. The molecule has 0 bridgehead atoms. The lowest BCUT2D eigenvalue weighted by atomic mass is 9.84. The van der Waals surface area contributed by atoms with Crippen molar-refractivity contribution < 1.29 is 14.4 Å². The van der Waals surface area contributed by atoms with Crippen LogP contribution in [0.2, 0.25) is 0 Å². The van der Waals surface area contributed by atoms with Crippen molar-refractivity contribution in [3.05, 3.63) is 102 Å². The molecule has 1 saturated heterocycles. The number of nitrogens with one attached hydrogen (secondary N) is 4. The summed E-state index contributed by atoms with van der Waals surface area (Å²) in [6.45, 7) is 0. The number of para-hydroxylation sites is 1. The van der Waals surface area contributed by atoms with E-state index in [-0.39, 0.29) is 19.3 Å². The topological polar surface area (TPSA) is 151 Å².